The molecule has 0 bridgehead atoms. The lowest BCUT2D eigenvalue weighted by Gasteiger charge is -2.47. The number of sulfonamides is 1. The minimum Gasteiger partial charge on any atom is -0.351 e. The van der Waals surface area contributed by atoms with E-state index in [2.05, 4.69) is 5.32 Å². The van der Waals surface area contributed by atoms with Gasteiger partial charge in [0.25, 0.3) is 0 Å². The summed E-state index contributed by atoms with van der Waals surface area (Å²) in [6, 6.07) is 13.5. The van der Waals surface area contributed by atoms with E-state index in [9.17, 15) is 22.4 Å². The van der Waals surface area contributed by atoms with E-state index in [0.717, 1.165) is 47.7 Å². The van der Waals surface area contributed by atoms with Gasteiger partial charge in [0, 0.05) is 12.6 Å². The van der Waals surface area contributed by atoms with E-state index in [1.165, 1.54) is 37.3 Å². The van der Waals surface area contributed by atoms with Crippen molar-refractivity contribution in [1.82, 2.24) is 9.62 Å². The Bertz CT molecular complexity index is 1150. The van der Waals surface area contributed by atoms with E-state index < -0.39 is 39.7 Å². The van der Waals surface area contributed by atoms with Crippen molar-refractivity contribution in [2.45, 2.75) is 61.9 Å². The summed E-state index contributed by atoms with van der Waals surface area (Å²) >= 11 is 0. The van der Waals surface area contributed by atoms with Crippen LogP contribution < -0.4 is 10.2 Å². The van der Waals surface area contributed by atoms with Crippen LogP contribution in [0, 0.1) is 5.82 Å². The number of carbonyl (C=O) groups is 2. The molecule has 2 fully saturated rings. The monoisotopic (exact) mass is 487 g/mol. The third kappa shape index (κ3) is 4.72. The summed E-state index contributed by atoms with van der Waals surface area (Å²) in [5, 5.41) is 3.04. The number of carbonyl (C=O) groups excluding carboxylic acids is 2. The highest BCUT2D eigenvalue weighted by atomic mass is 32.2. The molecule has 2 aromatic carbocycles. The molecular weight excluding hydrogens is 457 g/mol. The fourth-order valence-corrected chi connectivity index (χ4v) is 6.35. The van der Waals surface area contributed by atoms with Gasteiger partial charge in [0.15, 0.2) is 0 Å². The molecule has 1 heterocycles. The molecule has 2 amide bonds. The Morgan fingerprint density at radius 3 is 2.26 bits per heavy atom. The number of piperazine rings is 1. The summed E-state index contributed by atoms with van der Waals surface area (Å²) in [5.74, 6) is -1.79. The molecule has 1 N–H and O–H groups in total. The van der Waals surface area contributed by atoms with E-state index in [1.807, 2.05) is 0 Å². The van der Waals surface area contributed by atoms with Gasteiger partial charge in [-0.3, -0.25) is 14.5 Å². The zero-order valence-corrected chi connectivity index (χ0v) is 20.1. The number of hydrogen-bond donors (Lipinski definition) is 1. The molecule has 1 saturated heterocycles. The van der Waals surface area contributed by atoms with Crippen molar-refractivity contribution < 1.29 is 22.4 Å². The first-order chi connectivity index (χ1) is 16.2. The van der Waals surface area contributed by atoms with E-state index in [1.54, 1.807) is 24.3 Å². The average Bonchev–Trinajstić information content (AvgIpc) is 3.09. The third-order valence-corrected chi connectivity index (χ3v) is 8.50. The number of anilines is 1. The fourth-order valence-electron chi connectivity index (χ4n) is 4.85. The fraction of sp³-hybridized carbons (Fsp3) is 0.440. The zero-order chi connectivity index (χ0) is 24.3. The minimum atomic E-state index is -4.04. The second-order valence-electron chi connectivity index (χ2n) is 9.20. The predicted molar refractivity (Wildman–Crippen MR) is 127 cm³/mol. The Labute approximate surface area is 200 Å². The van der Waals surface area contributed by atoms with Crippen molar-refractivity contribution in [3.05, 3.63) is 60.4 Å². The smallest absolute Gasteiger partial charge is 0.247 e. The minimum absolute atomic E-state index is 0.0358. The van der Waals surface area contributed by atoms with Crippen molar-refractivity contribution in [2.75, 3.05) is 18.0 Å². The molecule has 2 aromatic rings. The number of para-hydroxylation sites is 1. The highest BCUT2D eigenvalue weighted by Crippen LogP contribution is 2.34. The predicted octanol–water partition coefficient (Wildman–Crippen LogP) is 3.46. The average molecular weight is 488 g/mol. The Morgan fingerprint density at radius 2 is 1.62 bits per heavy atom. The molecule has 7 nitrogen and oxygen atoms in total. The standard InChI is InChI=1S/C25H30FN3O4S/c1-25(24(31)27-19-11-5-2-3-6-12-19)18-28(34(32,33)20-13-7-4-8-14-20)17-23(30)29(25)22-16-10-9-15-21(22)26/h4,7-10,13-16,19H,2-3,5-6,11-12,17-18H2,1H3,(H,27,31)/t25-/m0/s1. The summed E-state index contributed by atoms with van der Waals surface area (Å²) < 4.78 is 42.5. The first kappa shape index (κ1) is 24.3. The number of hydrogen-bond acceptors (Lipinski definition) is 4. The normalized spacial score (nSPS) is 22.9. The number of amides is 2. The van der Waals surface area contributed by atoms with Crippen molar-refractivity contribution in [3.63, 3.8) is 0 Å². The maximum absolute atomic E-state index is 14.8. The lowest BCUT2D eigenvalue weighted by molar-refractivity contribution is -0.133. The number of nitrogens with zero attached hydrogens (tertiary/aromatic N) is 2. The highest BCUT2D eigenvalue weighted by molar-refractivity contribution is 7.89. The van der Waals surface area contributed by atoms with Crippen molar-refractivity contribution in [2.24, 2.45) is 0 Å². The van der Waals surface area contributed by atoms with Crippen LogP contribution in [-0.4, -0.2) is 49.2 Å². The zero-order valence-electron chi connectivity index (χ0n) is 19.2. The molecule has 4 rings (SSSR count). The number of nitrogens with one attached hydrogen (secondary N) is 1. The molecule has 0 unspecified atom stereocenters. The van der Waals surface area contributed by atoms with Crippen LogP contribution in [0.2, 0.25) is 0 Å². The van der Waals surface area contributed by atoms with Gasteiger partial charge in [-0.25, -0.2) is 12.8 Å². The van der Waals surface area contributed by atoms with Crippen molar-refractivity contribution in [3.8, 4) is 0 Å². The summed E-state index contributed by atoms with van der Waals surface area (Å²) in [7, 11) is -4.04. The van der Waals surface area contributed by atoms with Gasteiger partial charge in [-0.05, 0) is 44.0 Å². The molecule has 0 aromatic heterocycles. The lowest BCUT2D eigenvalue weighted by atomic mass is 9.93. The molecular formula is C25H30FN3O4S. The van der Waals surface area contributed by atoms with Gasteiger partial charge in [0.05, 0.1) is 17.1 Å². The second-order valence-corrected chi connectivity index (χ2v) is 11.1. The van der Waals surface area contributed by atoms with Crippen LogP contribution in [0.4, 0.5) is 10.1 Å². The van der Waals surface area contributed by atoms with Crippen molar-refractivity contribution in [1.29, 1.82) is 0 Å². The van der Waals surface area contributed by atoms with E-state index in [4.69, 9.17) is 0 Å². The van der Waals surface area contributed by atoms with Gasteiger partial charge in [-0.15, -0.1) is 0 Å². The molecule has 34 heavy (non-hydrogen) atoms. The molecule has 1 aliphatic carbocycles. The Balaban J connectivity index is 1.72. The Morgan fingerprint density at radius 1 is 1.00 bits per heavy atom. The van der Waals surface area contributed by atoms with Gasteiger partial charge < -0.3 is 5.32 Å². The molecule has 0 spiro atoms. The summed E-state index contributed by atoms with van der Waals surface area (Å²) in [5.41, 5.74) is -1.67. The topological polar surface area (TPSA) is 86.8 Å². The number of benzene rings is 2. The Kier molecular flexibility index (Phi) is 7.04. The lowest BCUT2D eigenvalue weighted by Crippen LogP contribution is -2.71. The maximum atomic E-state index is 14.8. The molecule has 0 radical (unpaired) electrons. The first-order valence-electron chi connectivity index (χ1n) is 11.7. The molecule has 9 heteroatoms. The third-order valence-electron chi connectivity index (χ3n) is 6.69. The summed E-state index contributed by atoms with van der Waals surface area (Å²) in [6.45, 7) is 0.733. The first-order valence-corrected chi connectivity index (χ1v) is 13.1. The van der Waals surface area contributed by atoms with Crippen LogP contribution in [0.1, 0.15) is 45.4 Å². The maximum Gasteiger partial charge on any atom is 0.247 e. The van der Waals surface area contributed by atoms with E-state index in [-0.39, 0.29) is 23.2 Å². The largest absolute Gasteiger partial charge is 0.351 e. The molecule has 182 valence electrons. The van der Waals surface area contributed by atoms with Crippen LogP contribution >= 0.6 is 0 Å². The highest BCUT2D eigenvalue weighted by Gasteiger charge is 2.52. The van der Waals surface area contributed by atoms with Crippen LogP contribution in [0.5, 0.6) is 0 Å². The van der Waals surface area contributed by atoms with Gasteiger partial charge in [0.1, 0.15) is 11.4 Å². The van der Waals surface area contributed by atoms with Gasteiger partial charge in [0.2, 0.25) is 21.8 Å². The molecule has 1 atom stereocenters. The summed E-state index contributed by atoms with van der Waals surface area (Å²) in [6.07, 6.45) is 5.83. The van der Waals surface area contributed by atoms with Crippen LogP contribution in [0.25, 0.3) is 0 Å². The van der Waals surface area contributed by atoms with Gasteiger partial charge >= 0.3 is 0 Å². The molecule has 1 saturated carbocycles. The van der Waals surface area contributed by atoms with Gasteiger partial charge in [-0.2, -0.15) is 4.31 Å². The summed E-state index contributed by atoms with van der Waals surface area (Å²) in [4.78, 5) is 28.2. The second kappa shape index (κ2) is 9.84. The molecule has 1 aliphatic heterocycles. The van der Waals surface area contributed by atoms with E-state index >= 15 is 0 Å². The van der Waals surface area contributed by atoms with Gasteiger partial charge in [-0.1, -0.05) is 56.0 Å². The SMILES string of the molecule is C[C@@]1(C(=O)NC2CCCCCC2)CN(S(=O)(=O)c2ccccc2)CC(=O)N1c1ccccc1F. The number of halogens is 1. The quantitative estimate of drug-likeness (QED) is 0.655. The van der Waals surface area contributed by atoms with Crippen LogP contribution in [-0.2, 0) is 19.6 Å². The van der Waals surface area contributed by atoms with E-state index in [0.29, 0.717) is 0 Å². The van der Waals surface area contributed by atoms with Crippen LogP contribution in [0.15, 0.2) is 59.5 Å². The molecule has 2 aliphatic rings. The van der Waals surface area contributed by atoms with Crippen molar-refractivity contribution >= 4 is 27.5 Å². The number of rotatable bonds is 5. The van der Waals surface area contributed by atoms with Crippen LogP contribution in [0.3, 0.4) is 0 Å². The Hall–Kier alpha value is -2.78.